The first kappa shape index (κ1) is 65.3. The number of ether oxygens (including phenoxy) is 1. The van der Waals surface area contributed by atoms with Gasteiger partial charge < -0.3 is 4.74 Å². The summed E-state index contributed by atoms with van der Waals surface area (Å²) in [5, 5.41) is 0. The summed E-state index contributed by atoms with van der Waals surface area (Å²) in [6.07, 6.45) is -16.8. The van der Waals surface area contributed by atoms with Crippen LogP contribution in [0.25, 0.3) is 0 Å². The Kier molecular flexibility index (Phi) is 15.6. The third kappa shape index (κ3) is 7.77. The van der Waals surface area contributed by atoms with Crippen LogP contribution in [0.5, 0.6) is 0 Å². The Morgan fingerprint density at radius 2 is 0.435 bits per heavy atom. The van der Waals surface area contributed by atoms with Gasteiger partial charge in [-0.25, -0.2) is 4.79 Å². The van der Waals surface area contributed by atoms with Crippen LogP contribution in [-0.2, 0) is 9.53 Å². The summed E-state index contributed by atoms with van der Waals surface area (Å²) in [4.78, 5) is 11.3. The molecule has 0 aliphatic carbocycles. The van der Waals surface area contributed by atoms with Crippen LogP contribution >= 0.6 is 0 Å². The molecule has 0 rings (SSSR count). The van der Waals surface area contributed by atoms with Crippen molar-refractivity contribution in [1.82, 2.24) is 0 Å². The standard InChI is InChI=1S/C26H9F41O2/c1-3-4-5(2)6(68)69-26(66,67)24(61,62)22(57,58)20(53,54)18(49,50)16(45,46)14(41,42)12(37,38)10(33,34)8(29,30)7(27,28)9(31,32)11(35,36)13(39,40)15(43,44)17(47,48)19(51,52)21(55,56)23(59,60)25(63,64)65/h4H,3H2,1-2H3. The zero-order valence-corrected chi connectivity index (χ0v) is 30.6. The summed E-state index contributed by atoms with van der Waals surface area (Å²) in [5.41, 5.74) is -1.50. The first-order chi connectivity index (χ1) is 29.1. The van der Waals surface area contributed by atoms with Crippen LogP contribution in [-0.4, -0.2) is 125 Å². The molecule has 43 heteroatoms. The van der Waals surface area contributed by atoms with Gasteiger partial charge in [-0.1, -0.05) is 13.0 Å². The molecular weight excluding hydrogens is 1120 g/mol. The summed E-state index contributed by atoms with van der Waals surface area (Å²) in [7, 11) is 0. The second kappa shape index (κ2) is 16.4. The van der Waals surface area contributed by atoms with E-state index in [2.05, 4.69) is 4.74 Å². The third-order valence-electron chi connectivity index (χ3n) is 8.48. The number of halogens is 41. The van der Waals surface area contributed by atoms with E-state index in [4.69, 9.17) is 0 Å². The van der Waals surface area contributed by atoms with E-state index in [0.29, 0.717) is 0 Å². The van der Waals surface area contributed by atoms with Gasteiger partial charge in [-0.15, -0.1) is 0 Å². The van der Waals surface area contributed by atoms with Gasteiger partial charge in [-0.05, 0) is 13.3 Å². The van der Waals surface area contributed by atoms with Crippen LogP contribution in [0.1, 0.15) is 20.3 Å². The fourth-order valence-electron chi connectivity index (χ4n) is 4.17. The molecule has 0 radical (unpaired) electrons. The predicted octanol–water partition coefficient (Wildman–Crippen LogP) is 14.5. The molecule has 0 aromatic rings. The molecule has 412 valence electrons. The van der Waals surface area contributed by atoms with Gasteiger partial charge >= 0.3 is 125 Å². The van der Waals surface area contributed by atoms with Crippen LogP contribution in [0.15, 0.2) is 11.6 Å². The van der Waals surface area contributed by atoms with Gasteiger partial charge in [0.15, 0.2) is 0 Å². The van der Waals surface area contributed by atoms with Gasteiger partial charge in [0.1, 0.15) is 0 Å². The van der Waals surface area contributed by atoms with Crippen molar-refractivity contribution in [2.75, 3.05) is 0 Å². The van der Waals surface area contributed by atoms with Crippen molar-refractivity contribution in [3.63, 3.8) is 0 Å². The lowest BCUT2D eigenvalue weighted by molar-refractivity contribution is -0.497. The lowest BCUT2D eigenvalue weighted by Crippen LogP contribution is -2.80. The molecule has 0 N–H and O–H groups in total. The molecule has 0 bridgehead atoms. The maximum absolute atomic E-state index is 14.1. The Bertz CT molecular complexity index is 1910. The van der Waals surface area contributed by atoms with Crippen LogP contribution in [0, 0.1) is 0 Å². The minimum absolute atomic E-state index is 0.166. The number of carbonyl (C=O) groups excluding carboxylic acids is 1. The Hall–Kier alpha value is -3.66. The molecule has 2 nitrogen and oxygen atoms in total. The summed E-state index contributed by atoms with van der Waals surface area (Å²) >= 11 is 0. The largest absolute Gasteiger partial charge is 0.473 e. The fraction of sp³-hybridized carbons (Fsp3) is 0.885. The first-order valence-corrected chi connectivity index (χ1v) is 15.3. The number of rotatable bonds is 21. The third-order valence-corrected chi connectivity index (χ3v) is 8.48. The number of alkyl halides is 41. The van der Waals surface area contributed by atoms with E-state index < -0.39 is 137 Å². The molecule has 0 spiro atoms. The molecule has 0 aromatic carbocycles. The Labute approximate surface area is 347 Å². The lowest BCUT2D eigenvalue weighted by Gasteiger charge is -2.47. The summed E-state index contributed by atoms with van der Waals surface area (Å²) < 4.78 is 566. The number of esters is 1. The highest BCUT2D eigenvalue weighted by molar-refractivity contribution is 5.87. The van der Waals surface area contributed by atoms with Crippen molar-refractivity contribution in [3.8, 4) is 0 Å². The molecule has 0 aromatic heterocycles. The van der Waals surface area contributed by atoms with Crippen molar-refractivity contribution < 1.29 is 190 Å². The number of allylic oxidation sites excluding steroid dienone is 1. The molecule has 0 heterocycles. The summed E-state index contributed by atoms with van der Waals surface area (Å²) in [6, 6.07) is 0. The molecule has 69 heavy (non-hydrogen) atoms. The van der Waals surface area contributed by atoms with E-state index in [9.17, 15) is 185 Å². The van der Waals surface area contributed by atoms with Gasteiger partial charge in [-0.3, -0.25) is 0 Å². The van der Waals surface area contributed by atoms with E-state index >= 15 is 0 Å². The lowest BCUT2D eigenvalue weighted by atomic mass is 9.82. The first-order valence-electron chi connectivity index (χ1n) is 15.3. The van der Waals surface area contributed by atoms with Crippen LogP contribution < -0.4 is 0 Å². The molecule has 0 aliphatic rings. The molecule has 0 saturated carbocycles. The van der Waals surface area contributed by atoms with Crippen LogP contribution in [0.3, 0.4) is 0 Å². The van der Waals surface area contributed by atoms with Crippen LogP contribution in [0.4, 0.5) is 180 Å². The molecule has 0 unspecified atom stereocenters. The highest BCUT2D eigenvalue weighted by Crippen LogP contribution is 2.71. The number of hydrogen-bond acceptors (Lipinski definition) is 2. The van der Waals surface area contributed by atoms with Crippen molar-refractivity contribution in [2.45, 2.75) is 139 Å². The van der Waals surface area contributed by atoms with Gasteiger partial charge in [0.05, 0.1) is 0 Å². The van der Waals surface area contributed by atoms with Crippen molar-refractivity contribution in [1.29, 1.82) is 0 Å². The molecular formula is C26H9F41O2. The van der Waals surface area contributed by atoms with Gasteiger partial charge in [0.25, 0.3) is 0 Å². The highest BCUT2D eigenvalue weighted by atomic mass is 19.4. The highest BCUT2D eigenvalue weighted by Gasteiger charge is 3.03. The van der Waals surface area contributed by atoms with Gasteiger partial charge in [-0.2, -0.15) is 180 Å². The average Bonchev–Trinajstić information content (AvgIpc) is 3.12. The van der Waals surface area contributed by atoms with E-state index in [0.717, 1.165) is 6.92 Å². The van der Waals surface area contributed by atoms with E-state index in [1.807, 2.05) is 0 Å². The maximum atomic E-state index is 14.1. The Balaban J connectivity index is 7.97. The van der Waals surface area contributed by atoms with Gasteiger partial charge in [0, 0.05) is 5.57 Å². The fourth-order valence-corrected chi connectivity index (χ4v) is 4.17. The van der Waals surface area contributed by atoms with Crippen molar-refractivity contribution >= 4 is 5.97 Å². The normalized spacial score (nSPS) is 17.1. The number of hydrogen-bond donors (Lipinski definition) is 0. The SMILES string of the molecule is CCC=C(C)C(=O)OC(F)(F)C(F)(F)C(F)(F)C(F)(F)C(F)(F)C(F)(F)C(F)(F)C(F)(F)C(F)(F)C(F)(F)C(F)(F)C(F)(F)C(F)(F)C(F)(F)C(F)(F)C(F)(F)C(F)(F)C(F)(F)C(F)(F)C(F)(F)F. The topological polar surface area (TPSA) is 26.3 Å². The molecule has 0 saturated heterocycles. The molecule has 0 atom stereocenters. The maximum Gasteiger partial charge on any atom is 0.473 e. The zero-order valence-electron chi connectivity index (χ0n) is 30.6. The summed E-state index contributed by atoms with van der Waals surface area (Å²) in [6.45, 7) is 1.06. The van der Waals surface area contributed by atoms with E-state index in [-0.39, 0.29) is 13.0 Å². The van der Waals surface area contributed by atoms with Crippen molar-refractivity contribution in [2.24, 2.45) is 0 Å². The van der Waals surface area contributed by atoms with E-state index in [1.54, 1.807) is 0 Å². The second-order valence-corrected chi connectivity index (χ2v) is 13.0. The number of carbonyl (C=O) groups is 1. The Morgan fingerprint density at radius 3 is 0.580 bits per heavy atom. The van der Waals surface area contributed by atoms with Gasteiger partial charge in [0.2, 0.25) is 0 Å². The molecule has 0 aliphatic heterocycles. The van der Waals surface area contributed by atoms with Crippen LogP contribution in [0.2, 0.25) is 0 Å². The predicted molar refractivity (Wildman–Crippen MR) is 130 cm³/mol. The minimum atomic E-state index is -10.7. The quantitative estimate of drug-likeness (QED) is 0.0650. The average molecular weight is 1130 g/mol. The molecule has 0 amide bonds. The smallest absolute Gasteiger partial charge is 0.393 e. The minimum Gasteiger partial charge on any atom is -0.393 e. The van der Waals surface area contributed by atoms with E-state index in [1.165, 1.54) is 0 Å². The monoisotopic (exact) mass is 1130 g/mol. The zero-order chi connectivity index (χ0) is 57.3. The Morgan fingerprint density at radius 1 is 0.290 bits per heavy atom. The van der Waals surface area contributed by atoms with Crippen molar-refractivity contribution in [3.05, 3.63) is 11.6 Å². The molecule has 0 fully saturated rings. The second-order valence-electron chi connectivity index (χ2n) is 13.0. The summed E-state index contributed by atoms with van der Waals surface area (Å²) in [5.74, 6) is -186.